The minimum absolute atomic E-state index is 0.0334. The van der Waals surface area contributed by atoms with Crippen molar-refractivity contribution in [2.75, 3.05) is 20.8 Å². The van der Waals surface area contributed by atoms with E-state index in [0.717, 1.165) is 38.1 Å². The van der Waals surface area contributed by atoms with Crippen LogP contribution in [-0.2, 0) is 17.8 Å². The van der Waals surface area contributed by atoms with Crippen molar-refractivity contribution in [2.45, 2.75) is 63.3 Å². The van der Waals surface area contributed by atoms with Gasteiger partial charge in [-0.1, -0.05) is 12.5 Å². The fourth-order valence-corrected chi connectivity index (χ4v) is 4.74. The summed E-state index contributed by atoms with van der Waals surface area (Å²) >= 11 is 0. The van der Waals surface area contributed by atoms with E-state index in [0.29, 0.717) is 36.5 Å². The van der Waals surface area contributed by atoms with Crippen LogP contribution in [0.2, 0.25) is 0 Å². The highest BCUT2D eigenvalue weighted by Gasteiger charge is 2.39. The summed E-state index contributed by atoms with van der Waals surface area (Å²) in [7, 11) is 3.29. The molecule has 9 nitrogen and oxygen atoms in total. The zero-order chi connectivity index (χ0) is 20.9. The number of piperidine rings is 2. The van der Waals surface area contributed by atoms with Gasteiger partial charge < -0.3 is 14.8 Å². The molecule has 30 heavy (non-hydrogen) atoms. The van der Waals surface area contributed by atoms with Crippen molar-refractivity contribution >= 4 is 5.91 Å². The fourth-order valence-electron chi connectivity index (χ4n) is 4.74. The first-order valence-electron chi connectivity index (χ1n) is 10.6. The summed E-state index contributed by atoms with van der Waals surface area (Å²) in [5.74, 6) is 1.54. The third-order valence-corrected chi connectivity index (χ3v) is 6.23. The van der Waals surface area contributed by atoms with Gasteiger partial charge in [-0.05, 0) is 54.3 Å². The van der Waals surface area contributed by atoms with Crippen molar-refractivity contribution < 1.29 is 14.3 Å². The molecule has 2 saturated heterocycles. The molecule has 2 aromatic rings. The molecule has 1 N–H and O–H groups in total. The molecule has 2 aliphatic rings. The summed E-state index contributed by atoms with van der Waals surface area (Å²) in [4.78, 5) is 15.3. The van der Waals surface area contributed by atoms with Crippen molar-refractivity contribution in [1.82, 2.24) is 30.4 Å². The van der Waals surface area contributed by atoms with Crippen LogP contribution < -0.4 is 10.1 Å². The van der Waals surface area contributed by atoms with Crippen molar-refractivity contribution in [3.8, 4) is 5.75 Å². The number of benzene rings is 1. The number of aromatic nitrogens is 4. The lowest BCUT2D eigenvalue weighted by molar-refractivity contribution is 0.0145. The molecule has 0 aliphatic carbocycles. The summed E-state index contributed by atoms with van der Waals surface area (Å²) in [5.41, 5.74) is 0.638. The van der Waals surface area contributed by atoms with Crippen molar-refractivity contribution in [1.29, 1.82) is 0 Å². The summed E-state index contributed by atoms with van der Waals surface area (Å²) in [6.45, 7) is 1.98. The predicted molar refractivity (Wildman–Crippen MR) is 110 cm³/mol. The second kappa shape index (κ2) is 9.53. The number of tetrazole rings is 1. The molecule has 1 unspecified atom stereocenters. The standard InChI is InChI=1S/C21H30N6O3/c1-29-10-9-27-20(23-24-25-27)14-26-17-6-4-7-18(26)13-16(12-17)22-21(28)15-5-3-8-19(11-15)30-2/h3,5,8,11,16-18H,4,6-7,9-10,12-14H2,1-2H3,(H,22,28)/t16?,17-,18+. The highest BCUT2D eigenvalue weighted by atomic mass is 16.5. The zero-order valence-corrected chi connectivity index (χ0v) is 17.7. The van der Waals surface area contributed by atoms with Gasteiger partial charge in [0.15, 0.2) is 5.82 Å². The molecule has 3 heterocycles. The fraction of sp³-hybridized carbons (Fsp3) is 0.619. The lowest BCUT2D eigenvalue weighted by atomic mass is 9.81. The molecule has 2 aliphatic heterocycles. The van der Waals surface area contributed by atoms with Gasteiger partial charge in [-0.3, -0.25) is 9.69 Å². The molecule has 4 rings (SSSR count). The quantitative estimate of drug-likeness (QED) is 0.702. The number of carbonyl (C=O) groups is 1. The average molecular weight is 415 g/mol. The first-order valence-corrected chi connectivity index (χ1v) is 10.6. The molecule has 0 saturated carbocycles. The lowest BCUT2D eigenvalue weighted by Crippen LogP contribution is -2.56. The molecule has 0 radical (unpaired) electrons. The maximum Gasteiger partial charge on any atom is 0.251 e. The highest BCUT2D eigenvalue weighted by Crippen LogP contribution is 2.35. The van der Waals surface area contributed by atoms with E-state index in [9.17, 15) is 4.79 Å². The second-order valence-corrected chi connectivity index (χ2v) is 8.10. The number of hydrogen-bond acceptors (Lipinski definition) is 7. The number of nitrogens with one attached hydrogen (secondary N) is 1. The molecule has 162 valence electrons. The first kappa shape index (κ1) is 20.7. The smallest absolute Gasteiger partial charge is 0.251 e. The monoisotopic (exact) mass is 414 g/mol. The Morgan fingerprint density at radius 1 is 1.23 bits per heavy atom. The van der Waals surface area contributed by atoms with Gasteiger partial charge in [-0.2, -0.15) is 0 Å². The Morgan fingerprint density at radius 3 is 2.77 bits per heavy atom. The Bertz CT molecular complexity index is 843. The molecule has 9 heteroatoms. The number of methoxy groups -OCH3 is 2. The summed E-state index contributed by atoms with van der Waals surface area (Å²) in [5, 5.41) is 15.4. The molecule has 1 aromatic carbocycles. The molecule has 3 atom stereocenters. The maximum absolute atomic E-state index is 12.8. The highest BCUT2D eigenvalue weighted by molar-refractivity contribution is 5.94. The second-order valence-electron chi connectivity index (χ2n) is 8.10. The Labute approximate surface area is 176 Å². The number of fused-ring (bicyclic) bond motifs is 2. The van der Waals surface area contributed by atoms with Crippen LogP contribution in [0.1, 0.15) is 48.3 Å². The number of amides is 1. The number of rotatable bonds is 8. The minimum atomic E-state index is -0.0334. The summed E-state index contributed by atoms with van der Waals surface area (Å²) < 4.78 is 12.2. The van der Waals surface area contributed by atoms with E-state index in [4.69, 9.17) is 9.47 Å². The van der Waals surface area contributed by atoms with Crippen molar-refractivity contribution in [2.24, 2.45) is 0 Å². The zero-order valence-electron chi connectivity index (χ0n) is 17.7. The number of nitrogens with zero attached hydrogens (tertiary/aromatic N) is 5. The SMILES string of the molecule is COCCn1nnnc1CN1[C@@H]2CCC[C@H]1CC(NC(=O)c1cccc(OC)c1)C2. The molecular formula is C21H30N6O3. The van der Waals surface area contributed by atoms with Gasteiger partial charge in [-0.25, -0.2) is 4.68 Å². The van der Waals surface area contributed by atoms with E-state index in [1.54, 1.807) is 20.3 Å². The first-order chi connectivity index (χ1) is 14.7. The van der Waals surface area contributed by atoms with E-state index in [2.05, 4.69) is 25.7 Å². The van der Waals surface area contributed by atoms with Crippen LogP contribution in [0.3, 0.4) is 0 Å². The number of carbonyl (C=O) groups excluding carboxylic acids is 1. The topological polar surface area (TPSA) is 94.4 Å². The Kier molecular flexibility index (Phi) is 6.59. The normalized spacial score (nSPS) is 23.9. The van der Waals surface area contributed by atoms with E-state index in [-0.39, 0.29) is 11.9 Å². The van der Waals surface area contributed by atoms with E-state index < -0.39 is 0 Å². The molecule has 1 aromatic heterocycles. The maximum atomic E-state index is 12.8. The summed E-state index contributed by atoms with van der Waals surface area (Å²) in [6.07, 6.45) is 5.41. The van der Waals surface area contributed by atoms with Gasteiger partial charge in [0.2, 0.25) is 0 Å². The van der Waals surface area contributed by atoms with Crippen molar-refractivity contribution in [3.05, 3.63) is 35.7 Å². The van der Waals surface area contributed by atoms with Crippen LogP contribution in [-0.4, -0.2) is 70.0 Å². The molecule has 2 fully saturated rings. The molecular weight excluding hydrogens is 384 g/mol. The van der Waals surface area contributed by atoms with Crippen LogP contribution in [0.25, 0.3) is 0 Å². The largest absolute Gasteiger partial charge is 0.497 e. The van der Waals surface area contributed by atoms with Crippen LogP contribution >= 0.6 is 0 Å². The number of hydrogen-bond donors (Lipinski definition) is 1. The van der Waals surface area contributed by atoms with Gasteiger partial charge in [0.1, 0.15) is 5.75 Å². The Morgan fingerprint density at radius 2 is 2.03 bits per heavy atom. The molecule has 2 bridgehead atoms. The van der Waals surface area contributed by atoms with Crippen molar-refractivity contribution in [3.63, 3.8) is 0 Å². The van der Waals surface area contributed by atoms with Crippen LogP contribution in [0, 0.1) is 0 Å². The molecule has 0 spiro atoms. The van der Waals surface area contributed by atoms with Gasteiger partial charge in [0, 0.05) is 30.8 Å². The number of ether oxygens (including phenoxy) is 2. The third-order valence-electron chi connectivity index (χ3n) is 6.23. The Balaban J connectivity index is 1.40. The lowest BCUT2D eigenvalue weighted by Gasteiger charge is -2.48. The van der Waals surface area contributed by atoms with E-state index >= 15 is 0 Å². The van der Waals surface area contributed by atoms with Gasteiger partial charge in [0.25, 0.3) is 5.91 Å². The predicted octanol–water partition coefficient (Wildman–Crippen LogP) is 1.64. The van der Waals surface area contributed by atoms with Crippen LogP contribution in [0.15, 0.2) is 24.3 Å². The van der Waals surface area contributed by atoms with Gasteiger partial charge in [0.05, 0.1) is 26.8 Å². The molecule has 1 amide bonds. The summed E-state index contributed by atoms with van der Waals surface area (Å²) in [6, 6.07) is 8.35. The van der Waals surface area contributed by atoms with Gasteiger partial charge in [-0.15, -0.1) is 5.10 Å². The van der Waals surface area contributed by atoms with Crippen LogP contribution in [0.5, 0.6) is 5.75 Å². The van der Waals surface area contributed by atoms with Gasteiger partial charge >= 0.3 is 0 Å². The van der Waals surface area contributed by atoms with Crippen LogP contribution in [0.4, 0.5) is 0 Å². The average Bonchev–Trinajstić information content (AvgIpc) is 3.19. The van der Waals surface area contributed by atoms with E-state index in [1.807, 2.05) is 22.9 Å². The van der Waals surface area contributed by atoms with E-state index in [1.165, 1.54) is 6.42 Å². The Hall–Kier alpha value is -2.52. The minimum Gasteiger partial charge on any atom is -0.497 e. The third kappa shape index (κ3) is 4.62.